The summed E-state index contributed by atoms with van der Waals surface area (Å²) in [6, 6.07) is 16.9. The number of aryl methyl sites for hydroxylation is 1. The molecule has 0 saturated carbocycles. The first kappa shape index (κ1) is 19.2. The molecule has 28 heavy (non-hydrogen) atoms. The Morgan fingerprint density at radius 1 is 0.964 bits per heavy atom. The molecule has 0 aliphatic rings. The summed E-state index contributed by atoms with van der Waals surface area (Å²) in [5.74, 6) is 0.833. The fourth-order valence-electron chi connectivity index (χ4n) is 2.71. The van der Waals surface area contributed by atoms with Gasteiger partial charge in [-0.3, -0.25) is 9.78 Å². The second kappa shape index (κ2) is 8.90. The molecule has 3 aromatic rings. The van der Waals surface area contributed by atoms with Crippen LogP contribution >= 0.6 is 0 Å². The molecule has 2 N–H and O–H groups in total. The van der Waals surface area contributed by atoms with Crippen LogP contribution in [0.25, 0.3) is 0 Å². The summed E-state index contributed by atoms with van der Waals surface area (Å²) in [4.78, 5) is 16.8. The van der Waals surface area contributed by atoms with Crippen LogP contribution in [-0.4, -0.2) is 25.1 Å². The third-order valence-electron chi connectivity index (χ3n) is 4.30. The van der Waals surface area contributed by atoms with E-state index in [1.165, 1.54) is 12.7 Å². The van der Waals surface area contributed by atoms with Gasteiger partial charge in [0, 0.05) is 23.6 Å². The van der Waals surface area contributed by atoms with Crippen LogP contribution in [0.15, 0.2) is 60.8 Å². The number of ether oxygens (including phenoxy) is 2. The Balaban J connectivity index is 1.75. The summed E-state index contributed by atoms with van der Waals surface area (Å²) in [6.45, 7) is 2.12. The summed E-state index contributed by atoms with van der Waals surface area (Å²) < 4.78 is 10.5. The third kappa shape index (κ3) is 4.59. The van der Waals surface area contributed by atoms with E-state index < -0.39 is 0 Å². The lowest BCUT2D eigenvalue weighted by molar-refractivity contribution is 0.102. The SMILES string of the molecule is CCc1ccc(Nc2ccnc(C(=O)Nc3ccc(OC)cc3OC)c2)cc1. The molecule has 0 bridgehead atoms. The van der Waals surface area contributed by atoms with Crippen LogP contribution in [0.3, 0.4) is 0 Å². The maximum Gasteiger partial charge on any atom is 0.274 e. The molecule has 0 aliphatic carbocycles. The van der Waals surface area contributed by atoms with Crippen molar-refractivity contribution in [2.45, 2.75) is 13.3 Å². The van der Waals surface area contributed by atoms with E-state index in [4.69, 9.17) is 9.47 Å². The standard InChI is InChI=1S/C22H23N3O3/c1-4-15-5-7-16(8-6-15)24-17-11-12-23-20(13-17)22(26)25-19-10-9-18(27-2)14-21(19)28-3/h5-14H,4H2,1-3H3,(H,23,24)(H,25,26). The Hall–Kier alpha value is -3.54. The molecule has 0 spiro atoms. The largest absolute Gasteiger partial charge is 0.497 e. The summed E-state index contributed by atoms with van der Waals surface area (Å²) in [5.41, 5.74) is 3.85. The Morgan fingerprint density at radius 2 is 1.75 bits per heavy atom. The van der Waals surface area contributed by atoms with Crippen molar-refractivity contribution < 1.29 is 14.3 Å². The number of pyridine rings is 1. The molecule has 0 radical (unpaired) electrons. The van der Waals surface area contributed by atoms with E-state index in [1.54, 1.807) is 37.6 Å². The third-order valence-corrected chi connectivity index (χ3v) is 4.30. The number of hydrogen-bond acceptors (Lipinski definition) is 5. The number of rotatable bonds is 7. The zero-order chi connectivity index (χ0) is 19.9. The van der Waals surface area contributed by atoms with Gasteiger partial charge >= 0.3 is 0 Å². The smallest absolute Gasteiger partial charge is 0.274 e. The van der Waals surface area contributed by atoms with Crippen LogP contribution < -0.4 is 20.1 Å². The van der Waals surface area contributed by atoms with E-state index in [-0.39, 0.29) is 5.91 Å². The molecule has 1 amide bonds. The van der Waals surface area contributed by atoms with Crippen molar-refractivity contribution >= 4 is 23.0 Å². The van der Waals surface area contributed by atoms with Crippen LogP contribution in [0.2, 0.25) is 0 Å². The zero-order valence-corrected chi connectivity index (χ0v) is 16.2. The Bertz CT molecular complexity index is 955. The van der Waals surface area contributed by atoms with Crippen molar-refractivity contribution in [3.8, 4) is 11.5 Å². The molecule has 0 aliphatic heterocycles. The van der Waals surface area contributed by atoms with Crippen LogP contribution in [0.4, 0.5) is 17.1 Å². The molecule has 0 unspecified atom stereocenters. The molecule has 0 fully saturated rings. The molecule has 6 heteroatoms. The number of amides is 1. The van der Waals surface area contributed by atoms with Crippen molar-refractivity contribution in [3.05, 3.63) is 72.1 Å². The average molecular weight is 377 g/mol. The number of carbonyl (C=O) groups is 1. The highest BCUT2D eigenvalue weighted by atomic mass is 16.5. The van der Waals surface area contributed by atoms with Crippen molar-refractivity contribution in [2.24, 2.45) is 0 Å². The molecule has 144 valence electrons. The summed E-state index contributed by atoms with van der Waals surface area (Å²) >= 11 is 0. The van der Waals surface area contributed by atoms with Gasteiger partial charge in [-0.05, 0) is 48.4 Å². The highest BCUT2D eigenvalue weighted by Crippen LogP contribution is 2.29. The maximum atomic E-state index is 12.6. The van der Waals surface area contributed by atoms with E-state index in [9.17, 15) is 4.79 Å². The second-order valence-electron chi connectivity index (χ2n) is 6.13. The Morgan fingerprint density at radius 3 is 2.43 bits per heavy atom. The molecule has 1 heterocycles. The first-order valence-electron chi connectivity index (χ1n) is 8.98. The molecule has 6 nitrogen and oxygen atoms in total. The number of nitrogens with one attached hydrogen (secondary N) is 2. The molecule has 2 aromatic carbocycles. The van der Waals surface area contributed by atoms with Crippen LogP contribution in [0.5, 0.6) is 11.5 Å². The van der Waals surface area contributed by atoms with Gasteiger partial charge in [0.25, 0.3) is 5.91 Å². The summed E-state index contributed by atoms with van der Waals surface area (Å²) in [7, 11) is 3.11. The van der Waals surface area contributed by atoms with Crippen LogP contribution in [0, 0.1) is 0 Å². The first-order chi connectivity index (χ1) is 13.6. The topological polar surface area (TPSA) is 72.5 Å². The fraction of sp³-hybridized carbons (Fsp3) is 0.182. The normalized spacial score (nSPS) is 10.2. The highest BCUT2D eigenvalue weighted by molar-refractivity contribution is 6.04. The monoisotopic (exact) mass is 377 g/mol. The number of hydrogen-bond donors (Lipinski definition) is 2. The van der Waals surface area contributed by atoms with Crippen molar-refractivity contribution in [1.82, 2.24) is 4.98 Å². The van der Waals surface area contributed by atoms with Crippen molar-refractivity contribution in [2.75, 3.05) is 24.9 Å². The van der Waals surface area contributed by atoms with E-state index in [0.717, 1.165) is 17.8 Å². The quantitative estimate of drug-likeness (QED) is 0.627. The predicted octanol–water partition coefficient (Wildman–Crippen LogP) is 4.66. The van der Waals surface area contributed by atoms with Crippen molar-refractivity contribution in [1.29, 1.82) is 0 Å². The average Bonchev–Trinajstić information content (AvgIpc) is 2.74. The first-order valence-corrected chi connectivity index (χ1v) is 8.98. The number of carbonyl (C=O) groups excluding carboxylic acids is 1. The minimum absolute atomic E-state index is 0.299. The lowest BCUT2D eigenvalue weighted by atomic mass is 10.1. The predicted molar refractivity (Wildman–Crippen MR) is 111 cm³/mol. The maximum absolute atomic E-state index is 12.6. The van der Waals surface area contributed by atoms with E-state index >= 15 is 0 Å². The number of benzene rings is 2. The van der Waals surface area contributed by atoms with Gasteiger partial charge in [-0.25, -0.2) is 0 Å². The lowest BCUT2D eigenvalue weighted by Gasteiger charge is -2.12. The minimum atomic E-state index is -0.326. The van der Waals surface area contributed by atoms with Gasteiger partial charge in [0.1, 0.15) is 17.2 Å². The van der Waals surface area contributed by atoms with Gasteiger partial charge in [0.05, 0.1) is 19.9 Å². The number of anilines is 3. The number of aromatic nitrogens is 1. The minimum Gasteiger partial charge on any atom is -0.497 e. The van der Waals surface area contributed by atoms with Crippen LogP contribution in [0.1, 0.15) is 23.0 Å². The van der Waals surface area contributed by atoms with E-state index in [0.29, 0.717) is 22.9 Å². The zero-order valence-electron chi connectivity index (χ0n) is 16.2. The second-order valence-corrected chi connectivity index (χ2v) is 6.13. The van der Waals surface area contributed by atoms with Gasteiger partial charge in [-0.15, -0.1) is 0 Å². The lowest BCUT2D eigenvalue weighted by Crippen LogP contribution is -2.14. The molecular formula is C22H23N3O3. The fourth-order valence-corrected chi connectivity index (χ4v) is 2.71. The van der Waals surface area contributed by atoms with E-state index in [1.807, 2.05) is 18.2 Å². The molecule has 0 saturated heterocycles. The molecular weight excluding hydrogens is 354 g/mol. The number of nitrogens with zero attached hydrogens (tertiary/aromatic N) is 1. The molecule has 3 rings (SSSR count). The molecule has 1 aromatic heterocycles. The van der Waals surface area contributed by atoms with Gasteiger partial charge in [0.15, 0.2) is 0 Å². The summed E-state index contributed by atoms with van der Waals surface area (Å²) in [6.07, 6.45) is 2.59. The number of methoxy groups -OCH3 is 2. The van der Waals surface area contributed by atoms with Crippen molar-refractivity contribution in [3.63, 3.8) is 0 Å². The molecule has 0 atom stereocenters. The summed E-state index contributed by atoms with van der Waals surface area (Å²) in [5, 5.41) is 6.12. The van der Waals surface area contributed by atoms with Gasteiger partial charge in [-0.1, -0.05) is 19.1 Å². The van der Waals surface area contributed by atoms with Gasteiger partial charge in [-0.2, -0.15) is 0 Å². The van der Waals surface area contributed by atoms with Gasteiger partial charge in [0.2, 0.25) is 0 Å². The Labute approximate surface area is 164 Å². The van der Waals surface area contributed by atoms with E-state index in [2.05, 4.69) is 34.7 Å². The van der Waals surface area contributed by atoms with Gasteiger partial charge < -0.3 is 20.1 Å². The van der Waals surface area contributed by atoms with Crippen LogP contribution in [-0.2, 0) is 6.42 Å². The Kier molecular flexibility index (Phi) is 6.11. The highest BCUT2D eigenvalue weighted by Gasteiger charge is 2.12.